The van der Waals surface area contributed by atoms with Gasteiger partial charge in [0.1, 0.15) is 0 Å². The first-order valence-corrected chi connectivity index (χ1v) is 9.64. The van der Waals surface area contributed by atoms with E-state index >= 15 is 0 Å². The molecule has 1 aliphatic rings. The van der Waals surface area contributed by atoms with Crippen molar-refractivity contribution >= 4 is 13.6 Å². The van der Waals surface area contributed by atoms with Gasteiger partial charge in [-0.25, -0.2) is 22.0 Å². The van der Waals surface area contributed by atoms with E-state index < -0.39 is 42.7 Å². The number of hydrogen-bond donors (Lipinski definition) is 0. The second kappa shape index (κ2) is 4.84. The molecule has 1 aromatic carbocycles. The molecule has 0 aliphatic heterocycles. The monoisotopic (exact) mass is 304 g/mol. The number of allylic oxidation sites excluding steroid dienone is 4. The minimum Gasteiger partial charge on any atom is -0.203 e. The van der Waals surface area contributed by atoms with E-state index in [1.165, 1.54) is 6.08 Å². The summed E-state index contributed by atoms with van der Waals surface area (Å²) in [6.45, 7) is 5.90. The molecule has 0 saturated heterocycles. The van der Waals surface area contributed by atoms with E-state index in [1.54, 1.807) is 12.2 Å². The third-order valence-corrected chi connectivity index (χ3v) is 5.72. The molecule has 1 aromatic rings. The highest BCUT2D eigenvalue weighted by molar-refractivity contribution is 6.79. The summed E-state index contributed by atoms with van der Waals surface area (Å²) in [4.78, 5) is 0. The fourth-order valence-corrected chi connectivity index (χ4v) is 4.19. The number of rotatable bonds is 2. The van der Waals surface area contributed by atoms with E-state index in [9.17, 15) is 22.0 Å². The lowest BCUT2D eigenvalue weighted by Crippen LogP contribution is -2.27. The van der Waals surface area contributed by atoms with Gasteiger partial charge in [-0.2, -0.15) is 0 Å². The maximum atomic E-state index is 13.8. The van der Waals surface area contributed by atoms with Crippen LogP contribution in [-0.2, 0) is 0 Å². The number of hydrogen-bond acceptors (Lipinski definition) is 0. The SMILES string of the molecule is C[Si](C)(C)C1C=CC=C1c1c(F)c(F)c(F)c(F)c1F. The van der Waals surface area contributed by atoms with Gasteiger partial charge in [0.15, 0.2) is 23.3 Å². The first-order chi connectivity index (χ1) is 9.16. The minimum absolute atomic E-state index is 0.164. The van der Waals surface area contributed by atoms with E-state index in [0.29, 0.717) is 0 Å². The molecule has 20 heavy (non-hydrogen) atoms. The van der Waals surface area contributed by atoms with Gasteiger partial charge in [0.05, 0.1) is 13.6 Å². The fraction of sp³-hybridized carbons (Fsp3) is 0.286. The molecule has 0 fully saturated rings. The number of halogens is 5. The van der Waals surface area contributed by atoms with Crippen LogP contribution < -0.4 is 0 Å². The normalized spacial score (nSPS) is 18.6. The van der Waals surface area contributed by atoms with E-state index in [4.69, 9.17) is 0 Å². The molecule has 1 unspecified atom stereocenters. The van der Waals surface area contributed by atoms with E-state index in [0.717, 1.165) is 0 Å². The van der Waals surface area contributed by atoms with Crippen LogP contribution >= 0.6 is 0 Å². The van der Waals surface area contributed by atoms with Gasteiger partial charge in [0.2, 0.25) is 5.82 Å². The Kier molecular flexibility index (Phi) is 3.62. The third-order valence-electron chi connectivity index (χ3n) is 3.35. The van der Waals surface area contributed by atoms with Gasteiger partial charge in [0.25, 0.3) is 0 Å². The average molecular weight is 304 g/mol. The Morgan fingerprint density at radius 2 is 1.25 bits per heavy atom. The van der Waals surface area contributed by atoms with Crippen molar-refractivity contribution in [1.82, 2.24) is 0 Å². The van der Waals surface area contributed by atoms with Gasteiger partial charge in [-0.05, 0) is 11.1 Å². The van der Waals surface area contributed by atoms with Crippen molar-refractivity contribution < 1.29 is 22.0 Å². The summed E-state index contributed by atoms with van der Waals surface area (Å²) >= 11 is 0. The molecule has 0 aromatic heterocycles. The summed E-state index contributed by atoms with van der Waals surface area (Å²) < 4.78 is 67.3. The average Bonchev–Trinajstić information content (AvgIpc) is 2.83. The Hall–Kier alpha value is -1.43. The summed E-state index contributed by atoms with van der Waals surface area (Å²) in [5.41, 5.74) is -0.924. The highest BCUT2D eigenvalue weighted by Crippen LogP contribution is 2.43. The molecule has 0 bridgehead atoms. The quantitative estimate of drug-likeness (QED) is 0.311. The molecule has 0 radical (unpaired) electrons. The zero-order valence-corrected chi connectivity index (χ0v) is 12.2. The molecule has 0 N–H and O–H groups in total. The first kappa shape index (κ1) is 15.0. The zero-order valence-electron chi connectivity index (χ0n) is 11.2. The molecule has 2 rings (SSSR count). The summed E-state index contributed by atoms with van der Waals surface area (Å²) in [6, 6.07) is 0. The van der Waals surface area contributed by atoms with Crippen molar-refractivity contribution in [3.63, 3.8) is 0 Å². The van der Waals surface area contributed by atoms with Crippen LogP contribution in [0.3, 0.4) is 0 Å². The maximum absolute atomic E-state index is 13.8. The largest absolute Gasteiger partial charge is 0.203 e. The Balaban J connectivity index is 2.66. The highest BCUT2D eigenvalue weighted by atomic mass is 28.3. The smallest absolute Gasteiger partial charge is 0.200 e. The van der Waals surface area contributed by atoms with Crippen LogP contribution in [0, 0.1) is 29.1 Å². The van der Waals surface area contributed by atoms with Gasteiger partial charge < -0.3 is 0 Å². The molecule has 1 aliphatic carbocycles. The van der Waals surface area contributed by atoms with Crippen molar-refractivity contribution in [2.75, 3.05) is 0 Å². The molecule has 0 heterocycles. The van der Waals surface area contributed by atoms with Gasteiger partial charge in [-0.15, -0.1) is 0 Å². The molecule has 6 heteroatoms. The van der Waals surface area contributed by atoms with Crippen LogP contribution in [0.25, 0.3) is 5.57 Å². The molecule has 108 valence electrons. The zero-order chi connectivity index (χ0) is 15.2. The van der Waals surface area contributed by atoms with Gasteiger partial charge in [-0.3, -0.25) is 0 Å². The van der Waals surface area contributed by atoms with E-state index in [2.05, 4.69) is 0 Å². The van der Waals surface area contributed by atoms with Crippen LogP contribution in [0.4, 0.5) is 22.0 Å². The predicted octanol–water partition coefficient (Wildman–Crippen LogP) is 5.04. The molecule has 1 atom stereocenters. The second-order valence-electron chi connectivity index (χ2n) is 5.80. The van der Waals surface area contributed by atoms with E-state index in [1.807, 2.05) is 19.6 Å². The Morgan fingerprint density at radius 1 is 0.800 bits per heavy atom. The van der Waals surface area contributed by atoms with Gasteiger partial charge in [0, 0.05) is 0 Å². The molecule has 0 amide bonds. The Labute approximate surface area is 114 Å². The van der Waals surface area contributed by atoms with Crippen LogP contribution in [-0.4, -0.2) is 8.07 Å². The van der Waals surface area contributed by atoms with Crippen LogP contribution in [0.1, 0.15) is 5.56 Å². The number of benzene rings is 1. The topological polar surface area (TPSA) is 0 Å². The Morgan fingerprint density at radius 3 is 1.70 bits per heavy atom. The lowest BCUT2D eigenvalue weighted by Gasteiger charge is -2.27. The predicted molar refractivity (Wildman–Crippen MR) is 70.4 cm³/mol. The lowest BCUT2D eigenvalue weighted by molar-refractivity contribution is 0.376. The maximum Gasteiger partial charge on any atom is 0.200 e. The third kappa shape index (κ3) is 2.22. The second-order valence-corrected chi connectivity index (χ2v) is 11.1. The van der Waals surface area contributed by atoms with Crippen LogP contribution in [0.2, 0.25) is 25.2 Å². The summed E-state index contributed by atoms with van der Waals surface area (Å²) in [7, 11) is -1.89. The van der Waals surface area contributed by atoms with Crippen molar-refractivity contribution in [2.45, 2.75) is 25.2 Å². The molecule has 0 spiro atoms. The molecular weight excluding hydrogens is 291 g/mol. The lowest BCUT2D eigenvalue weighted by atomic mass is 10.0. The van der Waals surface area contributed by atoms with Crippen molar-refractivity contribution in [2.24, 2.45) is 0 Å². The summed E-state index contributed by atoms with van der Waals surface area (Å²) in [6.07, 6.45) is 4.76. The van der Waals surface area contributed by atoms with Crippen LogP contribution in [0.5, 0.6) is 0 Å². The van der Waals surface area contributed by atoms with E-state index in [-0.39, 0.29) is 11.1 Å². The Bertz CT molecular complexity index is 596. The minimum atomic E-state index is -2.13. The highest BCUT2D eigenvalue weighted by Gasteiger charge is 2.35. The molecular formula is C14H13F5Si. The van der Waals surface area contributed by atoms with Gasteiger partial charge >= 0.3 is 0 Å². The fourth-order valence-electron chi connectivity index (χ4n) is 2.33. The molecule has 0 saturated carbocycles. The summed E-state index contributed by atoms with van der Waals surface area (Å²) in [5, 5.41) is 0. The van der Waals surface area contributed by atoms with Crippen molar-refractivity contribution in [3.05, 3.63) is 52.9 Å². The molecule has 0 nitrogen and oxygen atoms in total. The van der Waals surface area contributed by atoms with Crippen LogP contribution in [0.15, 0.2) is 18.2 Å². The first-order valence-electron chi connectivity index (χ1n) is 6.06. The summed E-state index contributed by atoms with van der Waals surface area (Å²) in [5.74, 6) is -9.46. The van der Waals surface area contributed by atoms with Crippen molar-refractivity contribution in [3.8, 4) is 0 Å². The standard InChI is InChI=1S/C14H13F5Si/c1-20(2,3)8-6-4-5-7(8)9-10(15)12(17)14(19)13(18)11(9)16/h4-6,8H,1-3H3. The van der Waals surface area contributed by atoms with Gasteiger partial charge in [-0.1, -0.05) is 37.9 Å². The van der Waals surface area contributed by atoms with Crippen molar-refractivity contribution in [1.29, 1.82) is 0 Å².